The Hall–Kier alpha value is -1.77. The van der Waals surface area contributed by atoms with Crippen molar-refractivity contribution in [3.05, 3.63) is 34.9 Å². The summed E-state index contributed by atoms with van der Waals surface area (Å²) in [4.78, 5) is 32.0. The number of hydrogen-bond donors (Lipinski definition) is 0. The van der Waals surface area contributed by atoms with E-state index in [2.05, 4.69) is 0 Å². The number of benzene rings is 1. The number of rotatable bonds is 7. The van der Waals surface area contributed by atoms with Crippen LogP contribution >= 0.6 is 36.0 Å². The van der Waals surface area contributed by atoms with Crippen LogP contribution < -0.4 is 0 Å². The molecule has 2 aliphatic heterocycles. The number of amides is 2. The van der Waals surface area contributed by atoms with Gasteiger partial charge in [0.25, 0.3) is 0 Å². The second-order valence-electron chi connectivity index (χ2n) is 6.84. The zero-order valence-electron chi connectivity index (χ0n) is 15.9. The molecular formula is C19H23ClN4O2S2. The quantitative estimate of drug-likeness (QED) is 0.610. The van der Waals surface area contributed by atoms with E-state index in [1.165, 1.54) is 0 Å². The average Bonchev–Trinajstić information content (AvgIpc) is 3.08. The highest BCUT2D eigenvalue weighted by Crippen LogP contribution is 2.33. The van der Waals surface area contributed by atoms with Gasteiger partial charge in [-0.3, -0.25) is 19.4 Å². The summed E-state index contributed by atoms with van der Waals surface area (Å²) >= 11 is 17.5. The molecule has 0 aliphatic carbocycles. The number of nitrogens with zero attached hydrogens (tertiary/aromatic N) is 4. The molecule has 0 atom stereocenters. The molecule has 2 fully saturated rings. The lowest BCUT2D eigenvalue weighted by molar-refractivity contribution is -0.125. The van der Waals surface area contributed by atoms with Crippen LogP contribution in [0.25, 0.3) is 0 Å². The summed E-state index contributed by atoms with van der Waals surface area (Å²) in [6.45, 7) is 5.45. The van der Waals surface area contributed by atoms with E-state index in [4.69, 9.17) is 36.0 Å². The summed E-state index contributed by atoms with van der Waals surface area (Å²) in [7, 11) is 0. The largest absolute Gasteiger partial charge is 0.315 e. The molecule has 1 aromatic rings. The number of halogens is 1. The third-order valence-corrected chi connectivity index (χ3v) is 5.94. The summed E-state index contributed by atoms with van der Waals surface area (Å²) in [5, 5.41) is 1.49. The Labute approximate surface area is 181 Å². The number of thiocarbonyl (C=S) groups is 2. The standard InChI is InChI=1S/C19H23ClN4O2S2/c1-3-8-21-15(25)11-23(18(21)27)17(13-6-5-7-14(20)10-13)24-12-16(26)22(9-4-2)19(24)28/h5-7,10,17H,3-4,8-9,11-12H2,1-2H3. The normalized spacial score (nSPS) is 17.7. The lowest BCUT2D eigenvalue weighted by atomic mass is 10.1. The fourth-order valence-electron chi connectivity index (χ4n) is 3.59. The average molecular weight is 439 g/mol. The molecule has 0 bridgehead atoms. The highest BCUT2D eigenvalue weighted by Gasteiger charge is 2.44. The van der Waals surface area contributed by atoms with E-state index in [0.717, 1.165) is 18.4 Å². The zero-order valence-corrected chi connectivity index (χ0v) is 18.3. The van der Waals surface area contributed by atoms with E-state index >= 15 is 0 Å². The van der Waals surface area contributed by atoms with Gasteiger partial charge >= 0.3 is 0 Å². The van der Waals surface area contributed by atoms with Crippen LogP contribution in [0, 0.1) is 0 Å². The summed E-state index contributed by atoms with van der Waals surface area (Å²) in [5.41, 5.74) is 0.842. The maximum Gasteiger partial charge on any atom is 0.248 e. The lowest BCUT2D eigenvalue weighted by Crippen LogP contribution is -2.45. The van der Waals surface area contributed by atoms with Crippen molar-refractivity contribution in [1.29, 1.82) is 0 Å². The van der Waals surface area contributed by atoms with Gasteiger partial charge in [0, 0.05) is 18.1 Å². The van der Waals surface area contributed by atoms with E-state index in [0.29, 0.717) is 28.3 Å². The minimum absolute atomic E-state index is 0.0410. The van der Waals surface area contributed by atoms with E-state index in [1.54, 1.807) is 15.9 Å². The third kappa shape index (κ3) is 3.86. The van der Waals surface area contributed by atoms with Gasteiger partial charge in [-0.05, 0) is 55.0 Å². The van der Waals surface area contributed by atoms with Crippen molar-refractivity contribution in [3.8, 4) is 0 Å². The molecule has 2 amide bonds. The van der Waals surface area contributed by atoms with Crippen molar-refractivity contribution in [2.24, 2.45) is 0 Å². The highest BCUT2D eigenvalue weighted by atomic mass is 35.5. The van der Waals surface area contributed by atoms with Crippen molar-refractivity contribution in [1.82, 2.24) is 19.6 Å². The van der Waals surface area contributed by atoms with E-state index in [-0.39, 0.29) is 24.9 Å². The second-order valence-corrected chi connectivity index (χ2v) is 8.01. The first-order chi connectivity index (χ1) is 13.4. The molecule has 0 saturated carbocycles. The predicted octanol–water partition coefficient (Wildman–Crippen LogP) is 3.02. The number of carbonyl (C=O) groups is 2. The molecule has 0 aromatic heterocycles. The zero-order chi connectivity index (χ0) is 20.4. The summed E-state index contributed by atoms with van der Waals surface area (Å²) in [6, 6.07) is 7.38. The van der Waals surface area contributed by atoms with Gasteiger partial charge in [0.2, 0.25) is 11.8 Å². The van der Waals surface area contributed by atoms with Crippen molar-refractivity contribution in [3.63, 3.8) is 0 Å². The van der Waals surface area contributed by atoms with Crippen molar-refractivity contribution in [2.75, 3.05) is 26.2 Å². The van der Waals surface area contributed by atoms with Gasteiger partial charge in [-0.2, -0.15) is 0 Å². The molecule has 6 nitrogen and oxygen atoms in total. The monoisotopic (exact) mass is 438 g/mol. The minimum atomic E-state index is -0.463. The van der Waals surface area contributed by atoms with Gasteiger partial charge in [0.05, 0.1) is 0 Å². The van der Waals surface area contributed by atoms with Crippen molar-refractivity contribution >= 4 is 58.1 Å². The third-order valence-electron chi connectivity index (χ3n) is 4.80. The molecule has 9 heteroatoms. The Morgan fingerprint density at radius 2 is 1.46 bits per heavy atom. The van der Waals surface area contributed by atoms with Crippen LogP contribution in [0.15, 0.2) is 24.3 Å². The van der Waals surface area contributed by atoms with E-state index in [1.807, 2.05) is 41.8 Å². The molecule has 0 spiro atoms. The van der Waals surface area contributed by atoms with Crippen LogP contribution in [0.2, 0.25) is 5.02 Å². The smallest absolute Gasteiger partial charge is 0.248 e. The molecule has 3 rings (SSSR count). The number of carbonyl (C=O) groups excluding carboxylic acids is 2. The fraction of sp³-hybridized carbons (Fsp3) is 0.474. The SMILES string of the molecule is CCCN1C(=O)CN(C(c2cccc(Cl)c2)N2CC(=O)N(CCC)C2=S)C1=S. The summed E-state index contributed by atoms with van der Waals surface area (Å²) in [5.74, 6) is -0.0820. The van der Waals surface area contributed by atoms with Crippen LogP contribution in [0.3, 0.4) is 0 Å². The molecule has 28 heavy (non-hydrogen) atoms. The molecular weight excluding hydrogens is 416 g/mol. The molecule has 0 N–H and O–H groups in total. The molecule has 1 aromatic carbocycles. The molecule has 150 valence electrons. The van der Waals surface area contributed by atoms with Crippen LogP contribution in [-0.4, -0.2) is 67.8 Å². The minimum Gasteiger partial charge on any atom is -0.315 e. The van der Waals surface area contributed by atoms with Crippen LogP contribution in [-0.2, 0) is 9.59 Å². The molecule has 2 saturated heterocycles. The van der Waals surface area contributed by atoms with E-state index < -0.39 is 6.17 Å². The second kappa shape index (κ2) is 8.71. The van der Waals surface area contributed by atoms with Gasteiger partial charge < -0.3 is 9.80 Å². The summed E-state index contributed by atoms with van der Waals surface area (Å²) < 4.78 is 0. The predicted molar refractivity (Wildman–Crippen MR) is 117 cm³/mol. The fourth-order valence-corrected chi connectivity index (χ4v) is 4.50. The maximum absolute atomic E-state index is 12.6. The van der Waals surface area contributed by atoms with Gasteiger partial charge in [-0.25, -0.2) is 0 Å². The Kier molecular flexibility index (Phi) is 6.52. The molecule has 2 heterocycles. The van der Waals surface area contributed by atoms with Gasteiger partial charge in [0.1, 0.15) is 19.3 Å². The summed E-state index contributed by atoms with van der Waals surface area (Å²) in [6.07, 6.45) is 1.16. The van der Waals surface area contributed by atoms with Crippen molar-refractivity contribution < 1.29 is 9.59 Å². The van der Waals surface area contributed by atoms with Gasteiger partial charge in [-0.1, -0.05) is 37.6 Å². The molecule has 0 radical (unpaired) electrons. The first-order valence-electron chi connectivity index (χ1n) is 9.36. The van der Waals surface area contributed by atoms with Gasteiger partial charge in [0.15, 0.2) is 10.2 Å². The topological polar surface area (TPSA) is 47.1 Å². The van der Waals surface area contributed by atoms with E-state index in [9.17, 15) is 9.59 Å². The van der Waals surface area contributed by atoms with Crippen LogP contribution in [0.4, 0.5) is 0 Å². The molecule has 2 aliphatic rings. The Balaban J connectivity index is 2.00. The Morgan fingerprint density at radius 3 is 1.89 bits per heavy atom. The first kappa shape index (κ1) is 21.0. The van der Waals surface area contributed by atoms with Gasteiger partial charge in [-0.15, -0.1) is 0 Å². The van der Waals surface area contributed by atoms with Crippen LogP contribution in [0.5, 0.6) is 0 Å². The van der Waals surface area contributed by atoms with Crippen molar-refractivity contribution in [2.45, 2.75) is 32.9 Å². The molecule has 0 unspecified atom stereocenters. The van der Waals surface area contributed by atoms with Crippen LogP contribution in [0.1, 0.15) is 38.4 Å². The highest BCUT2D eigenvalue weighted by molar-refractivity contribution is 7.80. The lowest BCUT2D eigenvalue weighted by Gasteiger charge is -2.37. The Bertz CT molecular complexity index is 775. The first-order valence-corrected chi connectivity index (χ1v) is 10.6. The Morgan fingerprint density at radius 1 is 0.964 bits per heavy atom. The number of hydrogen-bond acceptors (Lipinski definition) is 4. The maximum atomic E-state index is 12.6.